The minimum atomic E-state index is 0.671. The second-order valence-corrected chi connectivity index (χ2v) is 7.97. The first kappa shape index (κ1) is 19.0. The molecule has 24 heavy (non-hydrogen) atoms. The van der Waals surface area contributed by atoms with Crippen LogP contribution >= 0.6 is 11.3 Å². The minimum Gasteiger partial charge on any atom is -0.265 e. The average Bonchev–Trinajstić information content (AvgIpc) is 3.03. The lowest BCUT2D eigenvalue weighted by Crippen LogP contribution is -2.07. The molecule has 0 atom stereocenters. The Kier molecular flexibility index (Phi) is 8.31. The molecule has 1 heterocycles. The van der Waals surface area contributed by atoms with Crippen molar-refractivity contribution in [3.05, 3.63) is 52.8 Å². The van der Waals surface area contributed by atoms with Gasteiger partial charge < -0.3 is 0 Å². The fourth-order valence-electron chi connectivity index (χ4n) is 3.20. The molecule has 1 radical (unpaired) electrons. The first-order chi connectivity index (χ1) is 11.7. The maximum Gasteiger partial charge on any atom is 0.156 e. The molecule has 1 nitrogen and oxygen atoms in total. The number of hydrogen-bond donors (Lipinski definition) is 0. The van der Waals surface area contributed by atoms with Crippen molar-refractivity contribution in [3.8, 4) is 0 Å². The van der Waals surface area contributed by atoms with Crippen LogP contribution in [0, 0.1) is 6.92 Å². The van der Waals surface area contributed by atoms with Gasteiger partial charge in [0.15, 0.2) is 7.28 Å². The normalized spacial score (nSPS) is 18.0. The van der Waals surface area contributed by atoms with Gasteiger partial charge in [-0.2, -0.15) is 0 Å². The van der Waals surface area contributed by atoms with Gasteiger partial charge in [-0.15, -0.1) is 17.9 Å². The van der Waals surface area contributed by atoms with Crippen LogP contribution in [0.5, 0.6) is 0 Å². The van der Waals surface area contributed by atoms with Crippen LogP contribution in [0.2, 0.25) is 5.82 Å². The molecule has 1 aliphatic carbocycles. The van der Waals surface area contributed by atoms with Crippen molar-refractivity contribution < 1.29 is 0 Å². The predicted octanol–water partition coefficient (Wildman–Crippen LogP) is 6.80. The summed E-state index contributed by atoms with van der Waals surface area (Å²) in [6.07, 6.45) is 16.5. The Labute approximate surface area is 152 Å². The number of aliphatic imine (C=N–C) groups is 1. The molecule has 1 aromatic heterocycles. The van der Waals surface area contributed by atoms with Crippen LogP contribution in [0.15, 0.2) is 48.0 Å². The highest BCUT2D eigenvalue weighted by molar-refractivity contribution is 7.13. The Morgan fingerprint density at radius 3 is 2.42 bits per heavy atom. The van der Waals surface area contributed by atoms with Crippen LogP contribution in [0.4, 0.5) is 0 Å². The molecule has 0 aromatic carbocycles. The van der Waals surface area contributed by atoms with Crippen LogP contribution in [0.1, 0.15) is 61.1 Å². The van der Waals surface area contributed by atoms with Gasteiger partial charge in [-0.05, 0) is 19.1 Å². The molecule has 0 saturated heterocycles. The summed E-state index contributed by atoms with van der Waals surface area (Å²) in [7, 11) is 2.32. The van der Waals surface area contributed by atoms with Crippen molar-refractivity contribution in [1.29, 1.82) is 0 Å². The summed E-state index contributed by atoms with van der Waals surface area (Å²) >= 11 is 1.77. The number of thiophene rings is 1. The van der Waals surface area contributed by atoms with Gasteiger partial charge in [0.25, 0.3) is 0 Å². The first-order valence-electron chi connectivity index (χ1n) is 9.15. The lowest BCUT2D eigenvalue weighted by Gasteiger charge is -2.14. The third-order valence-corrected chi connectivity index (χ3v) is 5.60. The van der Waals surface area contributed by atoms with E-state index in [4.69, 9.17) is 0 Å². The Morgan fingerprint density at radius 1 is 1.17 bits per heavy atom. The van der Waals surface area contributed by atoms with E-state index >= 15 is 0 Å². The van der Waals surface area contributed by atoms with Gasteiger partial charge in [0.2, 0.25) is 0 Å². The highest BCUT2D eigenvalue weighted by Gasteiger charge is 2.12. The number of nitrogens with zero attached hydrogens (tertiary/aromatic N) is 1. The standard InChI is InChI=1S/C21H29BNS/c1-4-19(21-14-13-18(3)24-21)16-23-15-17(2)22-20-11-9-7-5-6-8-10-12-20/h4,13-16,20H,1-2,5-12H2,3H3/b19-16+,23-15?. The maximum atomic E-state index is 4.47. The zero-order chi connectivity index (χ0) is 17.2. The number of rotatable bonds is 6. The molecular formula is C21H29BNS. The van der Waals surface area contributed by atoms with E-state index < -0.39 is 0 Å². The van der Waals surface area contributed by atoms with Gasteiger partial charge in [0, 0.05) is 27.7 Å². The van der Waals surface area contributed by atoms with Crippen LogP contribution in [-0.4, -0.2) is 13.5 Å². The minimum absolute atomic E-state index is 0.671. The van der Waals surface area contributed by atoms with Crippen molar-refractivity contribution in [1.82, 2.24) is 0 Å². The lowest BCUT2D eigenvalue weighted by atomic mass is 9.56. The average molecular weight is 338 g/mol. The summed E-state index contributed by atoms with van der Waals surface area (Å²) in [6, 6.07) is 4.26. The van der Waals surface area contributed by atoms with E-state index in [0.29, 0.717) is 5.82 Å². The monoisotopic (exact) mass is 338 g/mol. The van der Waals surface area contributed by atoms with Crippen LogP contribution in [0.25, 0.3) is 5.57 Å². The van der Waals surface area contributed by atoms with E-state index in [9.17, 15) is 0 Å². The van der Waals surface area contributed by atoms with Gasteiger partial charge in [0.1, 0.15) is 0 Å². The summed E-state index contributed by atoms with van der Waals surface area (Å²) in [5.74, 6) is 0.671. The smallest absolute Gasteiger partial charge is 0.156 e. The number of aryl methyl sites for hydroxylation is 1. The Balaban J connectivity index is 1.88. The van der Waals surface area contributed by atoms with Crippen LogP contribution in [0.3, 0.4) is 0 Å². The van der Waals surface area contributed by atoms with E-state index in [1.807, 2.05) is 18.5 Å². The molecule has 1 fully saturated rings. The molecule has 1 saturated carbocycles. The zero-order valence-electron chi connectivity index (χ0n) is 15.0. The fraction of sp³-hybridized carbons (Fsp3) is 0.476. The molecule has 1 aliphatic rings. The topological polar surface area (TPSA) is 12.4 Å². The molecule has 1 aromatic rings. The molecule has 2 rings (SSSR count). The third-order valence-electron chi connectivity index (χ3n) is 4.55. The van der Waals surface area contributed by atoms with Crippen molar-refractivity contribution in [2.24, 2.45) is 4.99 Å². The van der Waals surface area contributed by atoms with E-state index in [2.05, 4.69) is 44.5 Å². The van der Waals surface area contributed by atoms with Gasteiger partial charge in [0.05, 0.1) is 0 Å². The van der Waals surface area contributed by atoms with Crippen molar-refractivity contribution in [2.75, 3.05) is 0 Å². The SMILES string of the molecule is C=C/C(=C\N=CC(=C)[B]C1CCCCCCCC1)c1ccc(C)s1. The van der Waals surface area contributed by atoms with Crippen LogP contribution < -0.4 is 0 Å². The Hall–Kier alpha value is -1.35. The molecule has 0 unspecified atom stereocenters. The maximum absolute atomic E-state index is 4.47. The van der Waals surface area contributed by atoms with Crippen LogP contribution in [-0.2, 0) is 0 Å². The molecule has 0 aliphatic heterocycles. The molecule has 127 valence electrons. The number of hydrogen-bond acceptors (Lipinski definition) is 2. The largest absolute Gasteiger partial charge is 0.265 e. The Bertz CT molecular complexity index is 587. The summed E-state index contributed by atoms with van der Waals surface area (Å²) in [4.78, 5) is 6.99. The molecule has 0 bridgehead atoms. The predicted molar refractivity (Wildman–Crippen MR) is 111 cm³/mol. The highest BCUT2D eigenvalue weighted by Crippen LogP contribution is 2.27. The molecule has 0 amide bonds. The quantitative estimate of drug-likeness (QED) is 0.307. The Morgan fingerprint density at radius 2 is 1.83 bits per heavy atom. The summed E-state index contributed by atoms with van der Waals surface area (Å²) in [5, 5.41) is 0. The van der Waals surface area contributed by atoms with Crippen molar-refractivity contribution in [2.45, 2.75) is 64.1 Å². The van der Waals surface area contributed by atoms with E-state index in [1.165, 1.54) is 61.1 Å². The summed E-state index contributed by atoms with van der Waals surface area (Å²) < 4.78 is 0. The lowest BCUT2D eigenvalue weighted by molar-refractivity contribution is 0.620. The summed E-state index contributed by atoms with van der Waals surface area (Å²) in [5.41, 5.74) is 2.10. The van der Waals surface area contributed by atoms with E-state index in [0.717, 1.165) is 11.0 Å². The van der Waals surface area contributed by atoms with Gasteiger partial charge in [-0.1, -0.05) is 75.3 Å². The number of allylic oxidation sites excluding steroid dienone is 3. The molecule has 3 heteroatoms. The molecule has 0 N–H and O–H groups in total. The molecular weight excluding hydrogens is 309 g/mol. The third kappa shape index (κ3) is 6.64. The highest BCUT2D eigenvalue weighted by atomic mass is 32.1. The second-order valence-electron chi connectivity index (χ2n) is 6.68. The molecule has 0 spiro atoms. The zero-order valence-corrected chi connectivity index (χ0v) is 15.8. The van der Waals surface area contributed by atoms with Crippen molar-refractivity contribution >= 4 is 30.4 Å². The van der Waals surface area contributed by atoms with Gasteiger partial charge >= 0.3 is 0 Å². The van der Waals surface area contributed by atoms with Gasteiger partial charge in [-0.3, -0.25) is 4.99 Å². The van der Waals surface area contributed by atoms with Crippen molar-refractivity contribution in [3.63, 3.8) is 0 Å². The van der Waals surface area contributed by atoms with E-state index in [1.54, 1.807) is 11.3 Å². The second kappa shape index (κ2) is 10.5. The van der Waals surface area contributed by atoms with Gasteiger partial charge in [-0.25, -0.2) is 0 Å². The first-order valence-corrected chi connectivity index (χ1v) is 9.97. The summed E-state index contributed by atoms with van der Waals surface area (Å²) in [6.45, 7) is 10.2. The fourth-order valence-corrected chi connectivity index (χ4v) is 4.07. The van der Waals surface area contributed by atoms with E-state index in [-0.39, 0.29) is 0 Å².